The van der Waals surface area contributed by atoms with E-state index in [1.165, 1.54) is 24.3 Å². The van der Waals surface area contributed by atoms with Crippen LogP contribution in [0.2, 0.25) is 5.02 Å². The minimum Gasteiger partial charge on any atom is -0.324 e. The van der Waals surface area contributed by atoms with Crippen molar-refractivity contribution in [1.82, 2.24) is 0 Å². The van der Waals surface area contributed by atoms with Crippen LogP contribution in [0.3, 0.4) is 0 Å². The van der Waals surface area contributed by atoms with Gasteiger partial charge in [-0.2, -0.15) is 0 Å². The topological polar surface area (TPSA) is 26.0 Å². The van der Waals surface area contributed by atoms with E-state index in [2.05, 4.69) is 0 Å². The van der Waals surface area contributed by atoms with Crippen LogP contribution in [-0.4, -0.2) is 0 Å². The Bertz CT molecular complexity index is 557. The number of benzene rings is 2. The van der Waals surface area contributed by atoms with Gasteiger partial charge in [0.2, 0.25) is 0 Å². The summed E-state index contributed by atoms with van der Waals surface area (Å²) in [4.78, 5) is 0. The van der Waals surface area contributed by atoms with Crippen molar-refractivity contribution in [2.75, 3.05) is 0 Å². The minimum absolute atomic E-state index is 0.289. The van der Waals surface area contributed by atoms with E-state index >= 15 is 0 Å². The van der Waals surface area contributed by atoms with Crippen LogP contribution in [0.5, 0.6) is 0 Å². The van der Waals surface area contributed by atoms with Gasteiger partial charge in [0.1, 0.15) is 11.6 Å². The van der Waals surface area contributed by atoms with E-state index in [0.717, 1.165) is 0 Å². The molecule has 0 aliphatic heterocycles. The predicted molar refractivity (Wildman–Crippen MR) is 68.4 cm³/mol. The maximum atomic E-state index is 13.5. The van der Waals surface area contributed by atoms with Crippen molar-refractivity contribution in [3.8, 4) is 0 Å². The van der Waals surface area contributed by atoms with Crippen LogP contribution in [0.4, 0.5) is 8.78 Å². The fourth-order valence-corrected chi connectivity index (χ4v) is 2.02. The van der Waals surface area contributed by atoms with Crippen molar-refractivity contribution in [3.05, 3.63) is 70.2 Å². The highest BCUT2D eigenvalue weighted by Gasteiger charge is 2.13. The summed E-state index contributed by atoms with van der Waals surface area (Å²) in [6, 6.07) is 9.80. The van der Waals surface area contributed by atoms with E-state index in [4.69, 9.17) is 17.3 Å². The summed E-state index contributed by atoms with van der Waals surface area (Å²) in [5.74, 6) is -0.743. The lowest BCUT2D eigenvalue weighted by Gasteiger charge is -2.14. The molecule has 1 atom stereocenters. The molecule has 0 aromatic heterocycles. The Morgan fingerprint density at radius 1 is 1.11 bits per heavy atom. The van der Waals surface area contributed by atoms with Crippen LogP contribution in [-0.2, 0) is 6.42 Å². The number of halogens is 3. The van der Waals surface area contributed by atoms with E-state index < -0.39 is 6.04 Å². The first-order valence-corrected chi connectivity index (χ1v) is 5.89. The van der Waals surface area contributed by atoms with E-state index in [9.17, 15) is 8.78 Å². The van der Waals surface area contributed by atoms with E-state index in [-0.39, 0.29) is 18.1 Å². The highest BCUT2D eigenvalue weighted by atomic mass is 35.5. The van der Waals surface area contributed by atoms with Crippen molar-refractivity contribution < 1.29 is 8.78 Å². The van der Waals surface area contributed by atoms with Crippen molar-refractivity contribution in [1.29, 1.82) is 0 Å². The van der Waals surface area contributed by atoms with Gasteiger partial charge in [-0.1, -0.05) is 29.8 Å². The van der Waals surface area contributed by atoms with E-state index in [0.29, 0.717) is 16.1 Å². The summed E-state index contributed by atoms with van der Waals surface area (Å²) in [5.41, 5.74) is 6.90. The summed E-state index contributed by atoms with van der Waals surface area (Å²) < 4.78 is 26.6. The maximum Gasteiger partial charge on any atom is 0.127 e. The third-order valence-corrected chi connectivity index (χ3v) is 3.12. The molecular formula is C14H12ClF2N. The van der Waals surface area contributed by atoms with Crippen LogP contribution in [0.25, 0.3) is 0 Å². The zero-order valence-electron chi connectivity index (χ0n) is 9.54. The molecule has 2 N–H and O–H groups in total. The number of hydrogen-bond donors (Lipinski definition) is 1. The van der Waals surface area contributed by atoms with Crippen LogP contribution in [0, 0.1) is 11.6 Å². The molecule has 18 heavy (non-hydrogen) atoms. The van der Waals surface area contributed by atoms with Crippen molar-refractivity contribution in [3.63, 3.8) is 0 Å². The van der Waals surface area contributed by atoms with Crippen LogP contribution >= 0.6 is 11.6 Å². The molecule has 94 valence electrons. The summed E-state index contributed by atoms with van der Waals surface area (Å²) in [5, 5.41) is 0.434. The van der Waals surface area contributed by atoms with Crippen LogP contribution < -0.4 is 5.73 Å². The first kappa shape index (κ1) is 13.0. The molecule has 0 saturated heterocycles. The van der Waals surface area contributed by atoms with Crippen molar-refractivity contribution in [2.45, 2.75) is 12.5 Å². The molecule has 2 aromatic rings. The predicted octanol–water partition coefficient (Wildman–Crippen LogP) is 3.86. The molecule has 0 saturated carbocycles. The van der Waals surface area contributed by atoms with Crippen LogP contribution in [0.15, 0.2) is 42.5 Å². The largest absolute Gasteiger partial charge is 0.324 e. The Labute approximate surface area is 109 Å². The van der Waals surface area contributed by atoms with Gasteiger partial charge in [-0.3, -0.25) is 0 Å². The summed E-state index contributed by atoms with van der Waals surface area (Å²) in [6.45, 7) is 0. The molecule has 0 amide bonds. The lowest BCUT2D eigenvalue weighted by Crippen LogP contribution is -2.15. The molecule has 1 nitrogen and oxygen atoms in total. The quantitative estimate of drug-likeness (QED) is 0.898. The SMILES string of the molecule is NC(Cc1cc(F)ccc1Cl)c1ccccc1F. The zero-order chi connectivity index (χ0) is 13.1. The Morgan fingerprint density at radius 3 is 2.56 bits per heavy atom. The summed E-state index contributed by atoms with van der Waals surface area (Å²) in [7, 11) is 0. The number of rotatable bonds is 3. The van der Waals surface area contributed by atoms with Crippen molar-refractivity contribution >= 4 is 11.6 Å². The lowest BCUT2D eigenvalue weighted by atomic mass is 9.99. The Kier molecular flexibility index (Phi) is 3.94. The molecule has 4 heteroatoms. The van der Waals surface area contributed by atoms with E-state index in [1.54, 1.807) is 18.2 Å². The average Bonchev–Trinajstić information content (AvgIpc) is 2.34. The molecule has 0 fully saturated rings. The molecule has 1 unspecified atom stereocenters. The van der Waals surface area contributed by atoms with E-state index in [1.807, 2.05) is 0 Å². The fourth-order valence-electron chi connectivity index (χ4n) is 1.82. The Balaban J connectivity index is 2.24. The van der Waals surface area contributed by atoms with Gasteiger partial charge >= 0.3 is 0 Å². The third kappa shape index (κ3) is 2.86. The van der Waals surface area contributed by atoms with Gasteiger partial charge in [0.15, 0.2) is 0 Å². The third-order valence-electron chi connectivity index (χ3n) is 2.75. The second kappa shape index (κ2) is 5.46. The molecule has 2 aromatic carbocycles. The highest BCUT2D eigenvalue weighted by molar-refractivity contribution is 6.31. The monoisotopic (exact) mass is 267 g/mol. The first-order chi connectivity index (χ1) is 8.58. The second-order valence-electron chi connectivity index (χ2n) is 4.07. The Hall–Kier alpha value is -1.45. The maximum absolute atomic E-state index is 13.5. The summed E-state index contributed by atoms with van der Waals surface area (Å²) >= 11 is 5.95. The molecule has 0 aliphatic carbocycles. The van der Waals surface area contributed by atoms with Gasteiger partial charge in [-0.15, -0.1) is 0 Å². The van der Waals surface area contributed by atoms with Gasteiger partial charge in [-0.25, -0.2) is 8.78 Å². The van der Waals surface area contributed by atoms with Gasteiger partial charge in [-0.05, 0) is 36.2 Å². The van der Waals surface area contributed by atoms with Gasteiger partial charge < -0.3 is 5.73 Å². The van der Waals surface area contributed by atoms with Gasteiger partial charge in [0, 0.05) is 16.6 Å². The zero-order valence-corrected chi connectivity index (χ0v) is 10.3. The van der Waals surface area contributed by atoms with Gasteiger partial charge in [0.05, 0.1) is 0 Å². The number of hydrogen-bond acceptors (Lipinski definition) is 1. The normalized spacial score (nSPS) is 12.4. The fraction of sp³-hybridized carbons (Fsp3) is 0.143. The molecule has 0 bridgehead atoms. The van der Waals surface area contributed by atoms with Crippen LogP contribution in [0.1, 0.15) is 17.2 Å². The second-order valence-corrected chi connectivity index (χ2v) is 4.48. The highest BCUT2D eigenvalue weighted by Crippen LogP contribution is 2.24. The Morgan fingerprint density at radius 2 is 1.83 bits per heavy atom. The lowest BCUT2D eigenvalue weighted by molar-refractivity contribution is 0.578. The first-order valence-electron chi connectivity index (χ1n) is 5.52. The molecule has 0 radical (unpaired) electrons. The molecular weight excluding hydrogens is 256 g/mol. The average molecular weight is 268 g/mol. The van der Waals surface area contributed by atoms with Crippen molar-refractivity contribution in [2.24, 2.45) is 5.73 Å². The molecule has 0 aliphatic rings. The molecule has 0 heterocycles. The summed E-state index contributed by atoms with van der Waals surface area (Å²) in [6.07, 6.45) is 0.289. The molecule has 2 rings (SSSR count). The molecule has 0 spiro atoms. The van der Waals surface area contributed by atoms with Gasteiger partial charge in [0.25, 0.3) is 0 Å². The standard InChI is InChI=1S/C14H12ClF2N/c15-12-6-5-10(16)7-9(12)8-14(18)11-3-1-2-4-13(11)17/h1-7,14H,8,18H2. The minimum atomic E-state index is -0.550. The number of nitrogens with two attached hydrogens (primary N) is 1. The smallest absolute Gasteiger partial charge is 0.127 e.